The van der Waals surface area contributed by atoms with Gasteiger partial charge in [-0.2, -0.15) is 0 Å². The number of halogens is 2. The quantitative estimate of drug-likeness (QED) is 0.870. The SMILES string of the molecule is CNCC(Cc1ccc(Cl)cc1)c1ccc(F)cc1. The van der Waals surface area contributed by atoms with E-state index in [1.807, 2.05) is 43.4 Å². The first-order valence-electron chi connectivity index (χ1n) is 6.33. The molecule has 0 fully saturated rings. The standard InChI is InChI=1S/C16H17ClFN/c1-19-11-14(13-4-8-16(18)9-5-13)10-12-2-6-15(17)7-3-12/h2-9,14,19H,10-11H2,1H3. The van der Waals surface area contributed by atoms with Gasteiger partial charge in [0.05, 0.1) is 0 Å². The summed E-state index contributed by atoms with van der Waals surface area (Å²) in [5.74, 6) is 0.130. The molecule has 0 aliphatic rings. The molecule has 0 aromatic heterocycles. The zero-order valence-electron chi connectivity index (χ0n) is 10.9. The fourth-order valence-electron chi connectivity index (χ4n) is 2.19. The van der Waals surface area contributed by atoms with Crippen molar-refractivity contribution in [1.29, 1.82) is 0 Å². The third-order valence-electron chi connectivity index (χ3n) is 3.19. The van der Waals surface area contributed by atoms with Crippen molar-refractivity contribution < 1.29 is 4.39 Å². The van der Waals surface area contributed by atoms with Crippen LogP contribution in [0.15, 0.2) is 48.5 Å². The van der Waals surface area contributed by atoms with Gasteiger partial charge in [0.1, 0.15) is 5.82 Å². The highest BCUT2D eigenvalue weighted by atomic mass is 35.5. The van der Waals surface area contributed by atoms with Crippen LogP contribution < -0.4 is 5.32 Å². The van der Waals surface area contributed by atoms with Crippen LogP contribution in [0.25, 0.3) is 0 Å². The van der Waals surface area contributed by atoms with Crippen LogP contribution >= 0.6 is 11.6 Å². The maximum atomic E-state index is 13.0. The van der Waals surface area contributed by atoms with Crippen LogP contribution in [0.2, 0.25) is 5.02 Å². The number of hydrogen-bond donors (Lipinski definition) is 1. The van der Waals surface area contributed by atoms with Crippen LogP contribution in [-0.2, 0) is 6.42 Å². The van der Waals surface area contributed by atoms with Gasteiger partial charge in [-0.15, -0.1) is 0 Å². The molecule has 100 valence electrons. The number of benzene rings is 2. The minimum absolute atomic E-state index is 0.196. The molecule has 2 aromatic carbocycles. The summed E-state index contributed by atoms with van der Waals surface area (Å²) < 4.78 is 13.0. The molecule has 19 heavy (non-hydrogen) atoms. The third-order valence-corrected chi connectivity index (χ3v) is 3.44. The Morgan fingerprint density at radius 3 is 2.26 bits per heavy atom. The van der Waals surface area contributed by atoms with Crippen LogP contribution in [0.3, 0.4) is 0 Å². The van der Waals surface area contributed by atoms with E-state index in [1.54, 1.807) is 0 Å². The Hall–Kier alpha value is -1.38. The molecule has 1 unspecified atom stereocenters. The molecule has 0 spiro atoms. The summed E-state index contributed by atoms with van der Waals surface area (Å²) in [6, 6.07) is 14.6. The highest BCUT2D eigenvalue weighted by Gasteiger charge is 2.11. The Kier molecular flexibility index (Phi) is 4.94. The van der Waals surface area contributed by atoms with Crippen molar-refractivity contribution in [1.82, 2.24) is 5.32 Å². The second kappa shape index (κ2) is 6.69. The Bertz CT molecular complexity index is 507. The van der Waals surface area contributed by atoms with Crippen molar-refractivity contribution >= 4 is 11.6 Å². The molecule has 0 heterocycles. The lowest BCUT2D eigenvalue weighted by Gasteiger charge is -2.17. The van der Waals surface area contributed by atoms with Gasteiger partial charge in [0.15, 0.2) is 0 Å². The molecule has 2 aromatic rings. The van der Waals surface area contributed by atoms with Gasteiger partial charge in [-0.1, -0.05) is 35.9 Å². The lowest BCUT2D eigenvalue weighted by atomic mass is 9.92. The van der Waals surface area contributed by atoms with Gasteiger partial charge >= 0.3 is 0 Å². The van der Waals surface area contributed by atoms with E-state index in [1.165, 1.54) is 17.7 Å². The fraction of sp³-hybridized carbons (Fsp3) is 0.250. The van der Waals surface area contributed by atoms with Crippen LogP contribution in [0.5, 0.6) is 0 Å². The zero-order valence-corrected chi connectivity index (χ0v) is 11.6. The second-order valence-corrected chi connectivity index (χ2v) is 5.07. The lowest BCUT2D eigenvalue weighted by Crippen LogP contribution is -2.19. The fourth-order valence-corrected chi connectivity index (χ4v) is 2.32. The molecule has 0 bridgehead atoms. The summed E-state index contributed by atoms with van der Waals surface area (Å²) in [6.45, 7) is 0.855. The first-order valence-corrected chi connectivity index (χ1v) is 6.71. The molecule has 1 nitrogen and oxygen atoms in total. The monoisotopic (exact) mass is 277 g/mol. The molecule has 1 atom stereocenters. The summed E-state index contributed by atoms with van der Waals surface area (Å²) in [4.78, 5) is 0. The van der Waals surface area contributed by atoms with Gasteiger partial charge in [-0.25, -0.2) is 4.39 Å². The maximum absolute atomic E-state index is 13.0. The molecule has 2 rings (SSSR count). The Labute approximate surface area is 118 Å². The number of nitrogens with one attached hydrogen (secondary N) is 1. The molecule has 1 N–H and O–H groups in total. The summed E-state index contributed by atoms with van der Waals surface area (Å²) in [6.07, 6.45) is 0.906. The van der Waals surface area contributed by atoms with E-state index in [-0.39, 0.29) is 5.82 Å². The molecule has 0 saturated heterocycles. The molecule has 3 heteroatoms. The molecule has 0 radical (unpaired) electrons. The topological polar surface area (TPSA) is 12.0 Å². The summed E-state index contributed by atoms with van der Waals surface area (Å²) in [5.41, 5.74) is 2.37. The highest BCUT2D eigenvalue weighted by molar-refractivity contribution is 6.30. The molecular formula is C16H17ClFN. The first-order chi connectivity index (χ1) is 9.19. The highest BCUT2D eigenvalue weighted by Crippen LogP contribution is 2.21. The third kappa shape index (κ3) is 4.05. The van der Waals surface area contributed by atoms with Gasteiger partial charge in [0.25, 0.3) is 0 Å². The zero-order chi connectivity index (χ0) is 13.7. The van der Waals surface area contributed by atoms with Crippen molar-refractivity contribution in [3.8, 4) is 0 Å². The average molecular weight is 278 g/mol. The van der Waals surface area contributed by atoms with E-state index in [2.05, 4.69) is 5.32 Å². The largest absolute Gasteiger partial charge is 0.319 e. The van der Waals surface area contributed by atoms with Crippen LogP contribution in [0.1, 0.15) is 17.0 Å². The second-order valence-electron chi connectivity index (χ2n) is 4.64. The van der Waals surface area contributed by atoms with Crippen molar-refractivity contribution in [2.24, 2.45) is 0 Å². The molecular weight excluding hydrogens is 261 g/mol. The van der Waals surface area contributed by atoms with E-state index < -0.39 is 0 Å². The van der Waals surface area contributed by atoms with Gasteiger partial charge in [0.2, 0.25) is 0 Å². The summed E-state index contributed by atoms with van der Waals surface area (Å²) in [7, 11) is 1.93. The Morgan fingerprint density at radius 2 is 1.68 bits per heavy atom. The van der Waals surface area contributed by atoms with Gasteiger partial charge in [-0.3, -0.25) is 0 Å². The number of rotatable bonds is 5. The lowest BCUT2D eigenvalue weighted by molar-refractivity contribution is 0.611. The molecule has 0 saturated carbocycles. The van der Waals surface area contributed by atoms with Crippen molar-refractivity contribution in [3.05, 3.63) is 70.5 Å². The maximum Gasteiger partial charge on any atom is 0.123 e. The van der Waals surface area contributed by atoms with Crippen molar-refractivity contribution in [2.75, 3.05) is 13.6 Å². The number of likely N-dealkylation sites (N-methyl/N-ethyl adjacent to an activating group) is 1. The predicted molar refractivity (Wildman–Crippen MR) is 78.2 cm³/mol. The van der Waals surface area contributed by atoms with Crippen LogP contribution in [0.4, 0.5) is 4.39 Å². The van der Waals surface area contributed by atoms with Gasteiger partial charge in [-0.05, 0) is 48.9 Å². The van der Waals surface area contributed by atoms with Crippen LogP contribution in [-0.4, -0.2) is 13.6 Å². The molecule has 0 aliphatic heterocycles. The minimum atomic E-state index is -0.196. The summed E-state index contributed by atoms with van der Waals surface area (Å²) >= 11 is 5.89. The van der Waals surface area contributed by atoms with E-state index in [0.717, 1.165) is 23.6 Å². The first kappa shape index (κ1) is 14.0. The molecule has 0 aliphatic carbocycles. The van der Waals surface area contributed by atoms with E-state index in [0.29, 0.717) is 5.92 Å². The van der Waals surface area contributed by atoms with Crippen molar-refractivity contribution in [3.63, 3.8) is 0 Å². The number of hydrogen-bond acceptors (Lipinski definition) is 1. The normalized spacial score (nSPS) is 12.4. The average Bonchev–Trinajstić information content (AvgIpc) is 2.42. The Balaban J connectivity index is 2.15. The van der Waals surface area contributed by atoms with Gasteiger partial charge < -0.3 is 5.32 Å². The predicted octanol–water partition coefficient (Wildman–Crippen LogP) is 4.02. The summed E-state index contributed by atoms with van der Waals surface area (Å²) in [5, 5.41) is 3.94. The minimum Gasteiger partial charge on any atom is -0.319 e. The smallest absolute Gasteiger partial charge is 0.123 e. The van der Waals surface area contributed by atoms with E-state index in [4.69, 9.17) is 11.6 Å². The van der Waals surface area contributed by atoms with Gasteiger partial charge in [0, 0.05) is 17.5 Å². The van der Waals surface area contributed by atoms with Crippen molar-refractivity contribution in [2.45, 2.75) is 12.3 Å². The van der Waals surface area contributed by atoms with Crippen LogP contribution in [0, 0.1) is 5.82 Å². The van der Waals surface area contributed by atoms with E-state index in [9.17, 15) is 4.39 Å². The molecule has 0 amide bonds. The van der Waals surface area contributed by atoms with E-state index >= 15 is 0 Å². The Morgan fingerprint density at radius 1 is 1.05 bits per heavy atom.